The number of ether oxygens (including phenoxy) is 2. The van der Waals surface area contributed by atoms with Gasteiger partial charge in [0.1, 0.15) is 11.6 Å². The van der Waals surface area contributed by atoms with Crippen molar-refractivity contribution in [2.24, 2.45) is 0 Å². The van der Waals surface area contributed by atoms with Gasteiger partial charge < -0.3 is 24.9 Å². The predicted octanol–water partition coefficient (Wildman–Crippen LogP) is 8.33. The second-order valence-corrected chi connectivity index (χ2v) is 10.9. The third-order valence-electron chi connectivity index (χ3n) is 7.26. The van der Waals surface area contributed by atoms with Crippen LogP contribution in [0.4, 0.5) is 4.39 Å². The van der Waals surface area contributed by atoms with Gasteiger partial charge in [0.2, 0.25) is 0 Å². The van der Waals surface area contributed by atoms with E-state index in [4.69, 9.17) is 32.7 Å². The minimum Gasteiger partial charge on any atom is -0.496 e. The lowest BCUT2D eigenvalue weighted by Crippen LogP contribution is -2.29. The zero-order chi connectivity index (χ0) is 31.5. The van der Waals surface area contributed by atoms with Crippen LogP contribution in [0.1, 0.15) is 52.1 Å². The Morgan fingerprint density at radius 3 is 2.48 bits per heavy atom. The molecule has 8 nitrogen and oxygen atoms in total. The fourth-order valence-electron chi connectivity index (χ4n) is 5.18. The standard InChI is InChI=1S/C33H28Cl2FN3O5/c1-4-6-25(20-12-10-18(34)14-28(20)43-2)39-32(40)17-9-11-19(22(13-17)33(41)42)30-21(7-5-8-23(30)35)31-37-26-15-24(36)29(44-3)16-27(26)38-31/h5,7-16,25H,4,6H2,1-3H3,(H,37,38)(H,39,40)(H,41,42). The van der Waals surface area contributed by atoms with Crippen molar-refractivity contribution in [3.8, 4) is 34.0 Å². The number of carbonyl (C=O) groups is 2. The summed E-state index contributed by atoms with van der Waals surface area (Å²) in [7, 11) is 2.89. The highest BCUT2D eigenvalue weighted by atomic mass is 35.5. The van der Waals surface area contributed by atoms with Gasteiger partial charge in [0.05, 0.1) is 36.9 Å². The highest BCUT2D eigenvalue weighted by Crippen LogP contribution is 2.40. The van der Waals surface area contributed by atoms with Crippen LogP contribution in [0.5, 0.6) is 11.5 Å². The molecule has 0 aliphatic rings. The highest BCUT2D eigenvalue weighted by molar-refractivity contribution is 6.34. The number of benzene rings is 4. The van der Waals surface area contributed by atoms with Gasteiger partial charge in [0.25, 0.3) is 5.91 Å². The summed E-state index contributed by atoms with van der Waals surface area (Å²) in [6.07, 6.45) is 1.39. The van der Waals surface area contributed by atoms with Crippen molar-refractivity contribution < 1.29 is 28.6 Å². The largest absolute Gasteiger partial charge is 0.496 e. The van der Waals surface area contributed by atoms with Crippen LogP contribution in [0.2, 0.25) is 10.0 Å². The lowest BCUT2D eigenvalue weighted by atomic mass is 9.93. The quantitative estimate of drug-likeness (QED) is 0.142. The van der Waals surface area contributed by atoms with E-state index in [-0.39, 0.29) is 27.5 Å². The van der Waals surface area contributed by atoms with Crippen LogP contribution >= 0.6 is 23.2 Å². The number of H-pyrrole nitrogens is 1. The topological polar surface area (TPSA) is 114 Å². The van der Waals surface area contributed by atoms with E-state index < -0.39 is 23.7 Å². The molecule has 0 saturated carbocycles. The first-order valence-electron chi connectivity index (χ1n) is 13.7. The number of carbonyl (C=O) groups excluding carboxylic acids is 1. The lowest BCUT2D eigenvalue weighted by molar-refractivity contribution is 0.0697. The van der Waals surface area contributed by atoms with Crippen LogP contribution in [0.3, 0.4) is 0 Å². The van der Waals surface area contributed by atoms with E-state index in [1.54, 1.807) is 48.5 Å². The number of nitrogens with zero attached hydrogens (tertiary/aromatic N) is 1. The molecular weight excluding hydrogens is 608 g/mol. The monoisotopic (exact) mass is 635 g/mol. The number of hydrogen-bond donors (Lipinski definition) is 3. The molecule has 5 aromatic rings. The molecule has 0 fully saturated rings. The van der Waals surface area contributed by atoms with Crippen molar-refractivity contribution in [2.75, 3.05) is 14.2 Å². The molecule has 1 atom stereocenters. The summed E-state index contributed by atoms with van der Waals surface area (Å²) in [6, 6.07) is 17.0. The van der Waals surface area contributed by atoms with Gasteiger partial charge in [-0.25, -0.2) is 14.2 Å². The fourth-order valence-corrected chi connectivity index (χ4v) is 5.62. The third-order valence-corrected chi connectivity index (χ3v) is 7.81. The molecule has 44 heavy (non-hydrogen) atoms. The number of halogens is 3. The number of hydrogen-bond acceptors (Lipinski definition) is 5. The van der Waals surface area contributed by atoms with E-state index >= 15 is 0 Å². The van der Waals surface area contributed by atoms with E-state index in [0.717, 1.165) is 12.0 Å². The average Bonchev–Trinajstić information content (AvgIpc) is 3.42. The van der Waals surface area contributed by atoms with Crippen LogP contribution in [0.25, 0.3) is 33.5 Å². The molecule has 0 saturated heterocycles. The molecule has 0 aliphatic heterocycles. The number of carboxylic acid groups (broad SMARTS) is 1. The second-order valence-electron chi connectivity index (χ2n) is 10.0. The van der Waals surface area contributed by atoms with Crippen molar-refractivity contribution in [3.63, 3.8) is 0 Å². The maximum absolute atomic E-state index is 14.4. The minimum absolute atomic E-state index is 0.0413. The van der Waals surface area contributed by atoms with Crippen LogP contribution in [-0.4, -0.2) is 41.2 Å². The normalized spacial score (nSPS) is 11.8. The Morgan fingerprint density at radius 1 is 1.00 bits per heavy atom. The number of amides is 1. The molecule has 4 aromatic carbocycles. The number of fused-ring (bicyclic) bond motifs is 1. The van der Waals surface area contributed by atoms with Gasteiger partial charge in [-0.05, 0) is 42.3 Å². The van der Waals surface area contributed by atoms with Gasteiger partial charge in [-0.2, -0.15) is 0 Å². The number of rotatable bonds is 10. The van der Waals surface area contributed by atoms with E-state index in [0.29, 0.717) is 45.2 Å². The number of carboxylic acids is 1. The fraction of sp³-hybridized carbons (Fsp3) is 0.182. The summed E-state index contributed by atoms with van der Waals surface area (Å²) in [4.78, 5) is 33.7. The summed E-state index contributed by atoms with van der Waals surface area (Å²) in [5.41, 5.74) is 2.81. The maximum Gasteiger partial charge on any atom is 0.336 e. The average molecular weight is 637 g/mol. The van der Waals surface area contributed by atoms with Crippen molar-refractivity contribution in [3.05, 3.63) is 99.3 Å². The first-order chi connectivity index (χ1) is 21.1. The van der Waals surface area contributed by atoms with Crippen LogP contribution in [0, 0.1) is 5.82 Å². The smallest absolute Gasteiger partial charge is 0.336 e. The molecule has 11 heteroatoms. The first-order valence-corrected chi connectivity index (χ1v) is 14.4. The van der Waals surface area contributed by atoms with Crippen molar-refractivity contribution in [1.82, 2.24) is 15.3 Å². The van der Waals surface area contributed by atoms with E-state index in [1.165, 1.54) is 32.4 Å². The van der Waals surface area contributed by atoms with Gasteiger partial charge in [-0.15, -0.1) is 0 Å². The van der Waals surface area contributed by atoms with E-state index in [2.05, 4.69) is 15.3 Å². The number of aromatic amines is 1. The summed E-state index contributed by atoms with van der Waals surface area (Å²) in [5, 5.41) is 14.0. The number of nitrogens with one attached hydrogen (secondary N) is 2. The minimum atomic E-state index is -1.25. The zero-order valence-electron chi connectivity index (χ0n) is 24.0. The molecule has 0 spiro atoms. The second kappa shape index (κ2) is 13.0. The van der Waals surface area contributed by atoms with Gasteiger partial charge >= 0.3 is 5.97 Å². The number of aromatic carboxylic acids is 1. The molecule has 1 heterocycles. The first kappa shape index (κ1) is 30.8. The van der Waals surface area contributed by atoms with Crippen molar-refractivity contribution in [2.45, 2.75) is 25.8 Å². The number of imidazole rings is 1. The molecule has 1 aromatic heterocycles. The van der Waals surface area contributed by atoms with E-state index in [1.807, 2.05) is 6.92 Å². The van der Waals surface area contributed by atoms with Gasteiger partial charge in [0, 0.05) is 44.4 Å². The predicted molar refractivity (Wildman–Crippen MR) is 169 cm³/mol. The molecule has 0 radical (unpaired) electrons. The SMILES string of the molecule is CCCC(NC(=O)c1ccc(-c2c(Cl)cccc2-c2nc3cc(OC)c(F)cc3[nH]2)c(C(=O)O)c1)c1ccc(Cl)cc1OC. The Kier molecular flexibility index (Phi) is 9.08. The molecule has 5 rings (SSSR count). The van der Waals surface area contributed by atoms with Gasteiger partial charge in [0.15, 0.2) is 11.6 Å². The maximum atomic E-state index is 14.4. The Labute approximate surface area is 262 Å². The Hall–Kier alpha value is -4.60. The van der Waals surface area contributed by atoms with Gasteiger partial charge in [-0.3, -0.25) is 4.79 Å². The zero-order valence-corrected chi connectivity index (χ0v) is 25.5. The van der Waals surface area contributed by atoms with E-state index in [9.17, 15) is 19.1 Å². The molecule has 226 valence electrons. The summed E-state index contributed by atoms with van der Waals surface area (Å²) in [6.45, 7) is 2.00. The summed E-state index contributed by atoms with van der Waals surface area (Å²) in [5.74, 6) is -1.33. The molecule has 1 unspecified atom stereocenters. The molecule has 3 N–H and O–H groups in total. The number of aromatic nitrogens is 2. The Balaban J connectivity index is 1.55. The van der Waals surface area contributed by atoms with Crippen LogP contribution in [0.15, 0.2) is 66.7 Å². The molecule has 0 aliphatic carbocycles. The Morgan fingerprint density at radius 2 is 1.77 bits per heavy atom. The highest BCUT2D eigenvalue weighted by Gasteiger charge is 2.24. The molecule has 1 amide bonds. The van der Waals surface area contributed by atoms with Gasteiger partial charge in [-0.1, -0.05) is 60.8 Å². The molecule has 0 bridgehead atoms. The number of methoxy groups -OCH3 is 2. The Bertz CT molecular complexity index is 1890. The third kappa shape index (κ3) is 6.06. The summed E-state index contributed by atoms with van der Waals surface area (Å²) >= 11 is 12.8. The lowest BCUT2D eigenvalue weighted by Gasteiger charge is -2.21. The van der Waals surface area contributed by atoms with Crippen LogP contribution in [-0.2, 0) is 0 Å². The summed E-state index contributed by atoms with van der Waals surface area (Å²) < 4.78 is 24.9. The van der Waals surface area contributed by atoms with Crippen molar-refractivity contribution in [1.29, 1.82) is 0 Å². The van der Waals surface area contributed by atoms with Crippen LogP contribution < -0.4 is 14.8 Å². The molecular formula is C33H28Cl2FN3O5. The van der Waals surface area contributed by atoms with Crippen molar-refractivity contribution >= 4 is 46.1 Å².